The summed E-state index contributed by atoms with van der Waals surface area (Å²) < 4.78 is 24.4. The van der Waals surface area contributed by atoms with Crippen molar-refractivity contribution in [1.29, 1.82) is 0 Å². The number of nitrogens with zero attached hydrogens (tertiary/aromatic N) is 1. The largest absolute Gasteiger partial charge is 0.508 e. The van der Waals surface area contributed by atoms with Gasteiger partial charge in [0.1, 0.15) is 5.75 Å². The molecule has 0 atom stereocenters. The second kappa shape index (κ2) is 9.06. The van der Waals surface area contributed by atoms with E-state index in [1.54, 1.807) is 40.6 Å². The molecule has 6 nitrogen and oxygen atoms in total. The standard InChI is InChI=1S/C29H25NO5/c1-32-26-14-19-10-11-30-24(9-8-18-6-5-7-21(31)12-18)23-17-29(35-4)27(33-2)15-20(23)13-25(30)22(19)16-28(26)34-3/h5-17H,1-4H3/p+1. The number of phenols is 1. The monoisotopic (exact) mass is 468 g/mol. The number of phenolic OH excluding ortho intramolecular Hbond substituents is 1. The Bertz CT molecular complexity index is 1610. The first kappa shape index (κ1) is 22.3. The van der Waals surface area contributed by atoms with Crippen molar-refractivity contribution >= 4 is 39.2 Å². The maximum absolute atomic E-state index is 9.90. The fourth-order valence-electron chi connectivity index (χ4n) is 4.46. The van der Waals surface area contributed by atoms with Crippen molar-refractivity contribution in [1.82, 2.24) is 0 Å². The van der Waals surface area contributed by atoms with Crippen LogP contribution in [0.2, 0.25) is 0 Å². The van der Waals surface area contributed by atoms with E-state index in [1.165, 1.54) is 0 Å². The van der Waals surface area contributed by atoms with Crippen molar-refractivity contribution in [2.75, 3.05) is 28.4 Å². The topological polar surface area (TPSA) is 61.2 Å². The number of ether oxygens (including phenoxy) is 4. The number of aromatic hydroxyl groups is 1. The van der Waals surface area contributed by atoms with E-state index < -0.39 is 0 Å². The Kier molecular flexibility index (Phi) is 5.79. The van der Waals surface area contributed by atoms with E-state index >= 15 is 0 Å². The fraction of sp³-hybridized carbons (Fsp3) is 0.138. The first-order chi connectivity index (χ1) is 17.1. The molecule has 2 aromatic heterocycles. The summed E-state index contributed by atoms with van der Waals surface area (Å²) in [4.78, 5) is 0. The summed E-state index contributed by atoms with van der Waals surface area (Å²) in [6.45, 7) is 0. The van der Waals surface area contributed by atoms with Gasteiger partial charge in [-0.05, 0) is 58.8 Å². The molecule has 0 unspecified atom stereocenters. The van der Waals surface area contributed by atoms with Gasteiger partial charge in [0, 0.05) is 18.2 Å². The third kappa shape index (κ3) is 3.93. The summed E-state index contributed by atoms with van der Waals surface area (Å²) in [6, 6.07) is 19.3. The maximum atomic E-state index is 9.90. The molecule has 0 saturated heterocycles. The number of aromatic nitrogens is 1. The summed E-state index contributed by atoms with van der Waals surface area (Å²) in [6.07, 6.45) is 6.07. The normalized spacial score (nSPS) is 11.4. The van der Waals surface area contributed by atoms with Crippen LogP contribution in [0.25, 0.3) is 39.2 Å². The van der Waals surface area contributed by atoms with E-state index in [4.69, 9.17) is 18.9 Å². The third-order valence-electron chi connectivity index (χ3n) is 6.18. The van der Waals surface area contributed by atoms with Crippen molar-refractivity contribution in [2.45, 2.75) is 0 Å². The van der Waals surface area contributed by atoms with E-state index in [2.05, 4.69) is 16.5 Å². The van der Waals surface area contributed by atoms with Gasteiger partial charge in [-0.3, -0.25) is 0 Å². The van der Waals surface area contributed by atoms with Gasteiger partial charge in [-0.1, -0.05) is 12.1 Å². The van der Waals surface area contributed by atoms with Crippen molar-refractivity contribution < 1.29 is 28.5 Å². The molecule has 2 heterocycles. The number of methoxy groups -OCH3 is 4. The van der Waals surface area contributed by atoms with Gasteiger partial charge in [-0.25, -0.2) is 0 Å². The Labute approximate surface area is 203 Å². The van der Waals surface area contributed by atoms with E-state index in [9.17, 15) is 5.11 Å². The molecule has 0 aliphatic rings. The third-order valence-corrected chi connectivity index (χ3v) is 6.18. The molecule has 0 aliphatic carbocycles. The van der Waals surface area contributed by atoms with Gasteiger partial charge < -0.3 is 24.1 Å². The molecule has 1 N–H and O–H groups in total. The Morgan fingerprint density at radius 3 is 1.94 bits per heavy atom. The molecule has 5 rings (SSSR count). The van der Waals surface area contributed by atoms with Gasteiger partial charge in [0.25, 0.3) is 0 Å². The molecule has 3 aromatic carbocycles. The highest BCUT2D eigenvalue weighted by molar-refractivity contribution is 6.01. The predicted octanol–water partition coefficient (Wildman–Crippen LogP) is 5.64. The maximum Gasteiger partial charge on any atom is 0.219 e. The van der Waals surface area contributed by atoms with Crippen LogP contribution in [-0.2, 0) is 0 Å². The van der Waals surface area contributed by atoms with Gasteiger partial charge >= 0.3 is 0 Å². The minimum atomic E-state index is 0.223. The predicted molar refractivity (Wildman–Crippen MR) is 138 cm³/mol. The second-order valence-electron chi connectivity index (χ2n) is 8.12. The summed E-state index contributed by atoms with van der Waals surface area (Å²) >= 11 is 0. The van der Waals surface area contributed by atoms with Crippen LogP contribution in [0.3, 0.4) is 0 Å². The van der Waals surface area contributed by atoms with Crippen molar-refractivity contribution in [3.05, 3.63) is 78.1 Å². The summed E-state index contributed by atoms with van der Waals surface area (Å²) in [5, 5.41) is 14.0. The lowest BCUT2D eigenvalue weighted by Gasteiger charge is -2.12. The highest BCUT2D eigenvalue weighted by Gasteiger charge is 2.20. The smallest absolute Gasteiger partial charge is 0.219 e. The lowest BCUT2D eigenvalue weighted by molar-refractivity contribution is -0.511. The minimum absolute atomic E-state index is 0.223. The zero-order valence-electron chi connectivity index (χ0n) is 20.0. The molecule has 0 amide bonds. The zero-order chi connectivity index (χ0) is 24.5. The Hall–Kier alpha value is -4.45. The van der Waals surface area contributed by atoms with Crippen molar-refractivity contribution in [3.63, 3.8) is 0 Å². The molecule has 5 aromatic rings. The molecule has 0 fully saturated rings. The number of fused-ring (bicyclic) bond motifs is 4. The Balaban J connectivity index is 1.87. The SMILES string of the molecule is COc1cc2cc3c4cc(OC)c(OC)cc4cc[n+]3c(C=Cc3cccc(O)c3)c2cc1OC. The first-order valence-electron chi connectivity index (χ1n) is 11.1. The average molecular weight is 469 g/mol. The van der Waals surface area contributed by atoms with E-state index in [0.29, 0.717) is 23.0 Å². The number of hydrogen-bond donors (Lipinski definition) is 1. The molecule has 176 valence electrons. The summed E-state index contributed by atoms with van der Waals surface area (Å²) in [7, 11) is 6.54. The van der Waals surface area contributed by atoms with Crippen molar-refractivity contribution in [3.8, 4) is 28.7 Å². The van der Waals surface area contributed by atoms with Gasteiger partial charge in [0.05, 0.1) is 39.2 Å². The van der Waals surface area contributed by atoms with Crippen LogP contribution < -0.4 is 23.3 Å². The molecular formula is C29H26NO5+. The van der Waals surface area contributed by atoms with Crippen LogP contribution in [0.4, 0.5) is 0 Å². The quantitative estimate of drug-likeness (QED) is 0.198. The van der Waals surface area contributed by atoms with Gasteiger partial charge in [0.2, 0.25) is 11.2 Å². The van der Waals surface area contributed by atoms with Gasteiger partial charge in [-0.2, -0.15) is 4.40 Å². The zero-order valence-corrected chi connectivity index (χ0v) is 20.0. The average Bonchev–Trinajstić information content (AvgIpc) is 2.89. The van der Waals surface area contributed by atoms with Gasteiger partial charge in [0.15, 0.2) is 29.2 Å². The molecule has 35 heavy (non-hydrogen) atoms. The van der Waals surface area contributed by atoms with Crippen LogP contribution in [-0.4, -0.2) is 33.5 Å². The fourth-order valence-corrected chi connectivity index (χ4v) is 4.46. The van der Waals surface area contributed by atoms with Crippen LogP contribution in [0.15, 0.2) is 66.9 Å². The Morgan fingerprint density at radius 1 is 0.657 bits per heavy atom. The molecule has 0 radical (unpaired) electrons. The van der Waals surface area contributed by atoms with E-state index in [1.807, 2.05) is 54.7 Å². The molecule has 0 bridgehead atoms. The number of benzene rings is 3. The van der Waals surface area contributed by atoms with Gasteiger partial charge in [-0.15, -0.1) is 0 Å². The molecule has 6 heteroatoms. The molecule has 0 spiro atoms. The molecule has 0 saturated carbocycles. The highest BCUT2D eigenvalue weighted by Crippen LogP contribution is 2.37. The summed E-state index contributed by atoms with van der Waals surface area (Å²) in [5.74, 6) is 2.88. The summed E-state index contributed by atoms with van der Waals surface area (Å²) in [5.41, 5.74) is 2.85. The van der Waals surface area contributed by atoms with Crippen molar-refractivity contribution in [2.24, 2.45) is 0 Å². The van der Waals surface area contributed by atoms with Crippen LogP contribution >= 0.6 is 0 Å². The second-order valence-corrected chi connectivity index (χ2v) is 8.12. The van der Waals surface area contributed by atoms with Crippen LogP contribution in [0.1, 0.15) is 11.3 Å². The first-order valence-corrected chi connectivity index (χ1v) is 11.1. The number of hydrogen-bond acceptors (Lipinski definition) is 5. The highest BCUT2D eigenvalue weighted by atomic mass is 16.5. The lowest BCUT2D eigenvalue weighted by Crippen LogP contribution is -2.26. The number of rotatable bonds is 6. The lowest BCUT2D eigenvalue weighted by atomic mass is 10.0. The van der Waals surface area contributed by atoms with Crippen LogP contribution in [0.5, 0.6) is 28.7 Å². The van der Waals surface area contributed by atoms with Crippen LogP contribution in [0, 0.1) is 0 Å². The van der Waals surface area contributed by atoms with E-state index in [0.717, 1.165) is 38.3 Å². The minimum Gasteiger partial charge on any atom is -0.508 e. The Morgan fingerprint density at radius 2 is 1.29 bits per heavy atom. The molecular weight excluding hydrogens is 442 g/mol. The molecule has 0 aliphatic heterocycles. The van der Waals surface area contributed by atoms with E-state index in [-0.39, 0.29) is 5.75 Å². The number of pyridine rings is 2.